The van der Waals surface area contributed by atoms with E-state index in [1.165, 1.54) is 12.1 Å². The Morgan fingerprint density at radius 2 is 2.11 bits per heavy atom. The summed E-state index contributed by atoms with van der Waals surface area (Å²) in [5.41, 5.74) is -0.552. The van der Waals surface area contributed by atoms with Gasteiger partial charge >= 0.3 is 6.18 Å². The van der Waals surface area contributed by atoms with Crippen LogP contribution in [0.1, 0.15) is 28.7 Å². The molecule has 3 heterocycles. The van der Waals surface area contributed by atoms with Gasteiger partial charge in [0.25, 0.3) is 0 Å². The number of amides is 1. The summed E-state index contributed by atoms with van der Waals surface area (Å²) in [5, 5.41) is 5.75. The lowest BCUT2D eigenvalue weighted by molar-refractivity contribution is -0.137. The molecule has 1 saturated heterocycles. The number of rotatable bonds is 4. The maximum absolute atomic E-state index is 12.9. The number of hydrogen-bond donors (Lipinski definition) is 0. The molecule has 1 atom stereocenters. The van der Waals surface area contributed by atoms with Crippen LogP contribution in [-0.2, 0) is 17.5 Å². The summed E-state index contributed by atoms with van der Waals surface area (Å²) in [4.78, 5) is 19.3. The summed E-state index contributed by atoms with van der Waals surface area (Å²) in [5.74, 6) is 0.0847. The molecular weight excluding hydrogens is 379 g/mol. The molecule has 5 nitrogen and oxygen atoms in total. The van der Waals surface area contributed by atoms with Crippen LogP contribution in [0, 0.1) is 0 Å². The van der Waals surface area contributed by atoms with Crippen molar-refractivity contribution in [2.45, 2.75) is 25.1 Å². The summed E-state index contributed by atoms with van der Waals surface area (Å²) in [7, 11) is 0. The SMILES string of the molecule is O=C1CC(c2nc(-c3cccc(C(F)(F)F)c3)no2)CN1Cc1cccs1. The number of likely N-dealkylation sites (tertiary alicyclic amines) is 1. The van der Waals surface area contributed by atoms with Gasteiger partial charge in [0.2, 0.25) is 17.6 Å². The first kappa shape index (κ1) is 17.7. The van der Waals surface area contributed by atoms with Gasteiger partial charge in [0.05, 0.1) is 18.0 Å². The lowest BCUT2D eigenvalue weighted by Gasteiger charge is -2.14. The lowest BCUT2D eigenvalue weighted by atomic mass is 10.1. The molecule has 4 rings (SSSR count). The minimum Gasteiger partial charge on any atom is -0.339 e. The van der Waals surface area contributed by atoms with Gasteiger partial charge in [-0.1, -0.05) is 23.4 Å². The topological polar surface area (TPSA) is 59.2 Å². The second-order valence-corrected chi connectivity index (χ2v) is 7.32. The Kier molecular flexibility index (Phi) is 4.47. The Labute approximate surface area is 156 Å². The van der Waals surface area contributed by atoms with Crippen molar-refractivity contribution in [3.8, 4) is 11.4 Å². The minimum absolute atomic E-state index is 0.00720. The molecule has 3 aromatic rings. The van der Waals surface area contributed by atoms with E-state index >= 15 is 0 Å². The smallest absolute Gasteiger partial charge is 0.339 e. The first-order chi connectivity index (χ1) is 12.9. The molecule has 1 aliphatic rings. The second kappa shape index (κ2) is 6.80. The highest BCUT2D eigenvalue weighted by Crippen LogP contribution is 2.33. The fourth-order valence-electron chi connectivity index (χ4n) is 3.03. The maximum Gasteiger partial charge on any atom is 0.416 e. The standard InChI is InChI=1S/C18H14F3N3O2S/c19-18(20,21)13-4-1-3-11(7-13)16-22-17(26-23-16)12-8-15(25)24(9-12)10-14-5-2-6-27-14/h1-7,12H,8-10H2. The fraction of sp³-hybridized carbons (Fsp3) is 0.278. The van der Waals surface area contributed by atoms with E-state index in [1.54, 1.807) is 16.2 Å². The Balaban J connectivity index is 1.51. The van der Waals surface area contributed by atoms with Gasteiger partial charge in [0.1, 0.15) is 0 Å². The van der Waals surface area contributed by atoms with E-state index in [9.17, 15) is 18.0 Å². The third-order valence-corrected chi connectivity index (χ3v) is 5.24. The van der Waals surface area contributed by atoms with Gasteiger partial charge in [-0.3, -0.25) is 4.79 Å². The van der Waals surface area contributed by atoms with Gasteiger partial charge in [-0.05, 0) is 23.6 Å². The average Bonchev–Trinajstić information content (AvgIpc) is 3.37. The largest absolute Gasteiger partial charge is 0.416 e. The van der Waals surface area contributed by atoms with Crippen molar-refractivity contribution in [1.29, 1.82) is 0 Å². The van der Waals surface area contributed by atoms with Crippen molar-refractivity contribution in [3.05, 3.63) is 58.1 Å². The number of thiophene rings is 1. The van der Waals surface area contributed by atoms with Gasteiger partial charge in [0.15, 0.2) is 0 Å². The molecule has 0 N–H and O–H groups in total. The summed E-state index contributed by atoms with van der Waals surface area (Å²) in [6, 6.07) is 8.66. The molecule has 1 aliphatic heterocycles. The minimum atomic E-state index is -4.44. The molecular formula is C18H14F3N3O2S. The van der Waals surface area contributed by atoms with Crippen LogP contribution in [0.2, 0.25) is 0 Å². The van der Waals surface area contributed by atoms with E-state index < -0.39 is 11.7 Å². The van der Waals surface area contributed by atoms with Crippen molar-refractivity contribution in [2.75, 3.05) is 6.54 Å². The number of carbonyl (C=O) groups is 1. The number of alkyl halides is 3. The molecule has 9 heteroatoms. The summed E-state index contributed by atoms with van der Waals surface area (Å²) < 4.78 is 43.9. The van der Waals surface area contributed by atoms with Crippen LogP contribution in [0.15, 0.2) is 46.3 Å². The van der Waals surface area contributed by atoms with Gasteiger partial charge in [-0.2, -0.15) is 18.2 Å². The summed E-state index contributed by atoms with van der Waals surface area (Å²) in [6.45, 7) is 0.975. The predicted octanol–water partition coefficient (Wildman–Crippen LogP) is 4.33. The molecule has 1 fully saturated rings. The van der Waals surface area contributed by atoms with E-state index in [-0.39, 0.29) is 35.5 Å². The van der Waals surface area contributed by atoms with Gasteiger partial charge in [0, 0.05) is 23.4 Å². The maximum atomic E-state index is 12.9. The molecule has 0 aliphatic carbocycles. The summed E-state index contributed by atoms with van der Waals surface area (Å²) >= 11 is 1.58. The monoisotopic (exact) mass is 393 g/mol. The van der Waals surface area contributed by atoms with Crippen molar-refractivity contribution in [3.63, 3.8) is 0 Å². The highest BCUT2D eigenvalue weighted by molar-refractivity contribution is 7.09. The third kappa shape index (κ3) is 3.73. The number of aromatic nitrogens is 2. The lowest BCUT2D eigenvalue weighted by Crippen LogP contribution is -2.23. The van der Waals surface area contributed by atoms with Crippen LogP contribution in [-0.4, -0.2) is 27.5 Å². The average molecular weight is 393 g/mol. The number of carbonyl (C=O) groups excluding carboxylic acids is 1. The molecule has 27 heavy (non-hydrogen) atoms. The molecule has 0 spiro atoms. The zero-order valence-corrected chi connectivity index (χ0v) is 14.8. The van der Waals surface area contributed by atoms with Crippen molar-refractivity contribution in [2.24, 2.45) is 0 Å². The molecule has 1 unspecified atom stereocenters. The molecule has 0 radical (unpaired) electrons. The van der Waals surface area contributed by atoms with E-state index in [4.69, 9.17) is 4.52 Å². The second-order valence-electron chi connectivity index (χ2n) is 6.29. The number of nitrogens with zero attached hydrogens (tertiary/aromatic N) is 3. The van der Waals surface area contributed by atoms with Gasteiger partial charge in [-0.15, -0.1) is 11.3 Å². The molecule has 0 bridgehead atoms. The number of halogens is 3. The van der Waals surface area contributed by atoms with E-state index in [0.717, 1.165) is 17.0 Å². The predicted molar refractivity (Wildman–Crippen MR) is 91.8 cm³/mol. The van der Waals surface area contributed by atoms with Crippen molar-refractivity contribution >= 4 is 17.2 Å². The number of hydrogen-bond acceptors (Lipinski definition) is 5. The highest BCUT2D eigenvalue weighted by atomic mass is 32.1. The zero-order valence-electron chi connectivity index (χ0n) is 13.9. The molecule has 140 valence electrons. The van der Waals surface area contributed by atoms with Crippen LogP contribution in [0.3, 0.4) is 0 Å². The Hall–Kier alpha value is -2.68. The molecule has 1 amide bonds. The van der Waals surface area contributed by atoms with Crippen molar-refractivity contribution < 1.29 is 22.5 Å². The first-order valence-electron chi connectivity index (χ1n) is 8.21. The Morgan fingerprint density at radius 3 is 2.85 bits per heavy atom. The van der Waals surface area contributed by atoms with E-state index in [2.05, 4.69) is 10.1 Å². The normalized spacial score (nSPS) is 17.7. The Morgan fingerprint density at radius 1 is 1.26 bits per heavy atom. The third-order valence-electron chi connectivity index (χ3n) is 4.38. The van der Waals surface area contributed by atoms with Crippen molar-refractivity contribution in [1.82, 2.24) is 15.0 Å². The molecule has 2 aromatic heterocycles. The zero-order chi connectivity index (χ0) is 19.0. The van der Waals surface area contributed by atoms with Crippen LogP contribution in [0.5, 0.6) is 0 Å². The Bertz CT molecular complexity index is 953. The molecule has 1 aromatic carbocycles. The van der Waals surface area contributed by atoms with Crippen LogP contribution < -0.4 is 0 Å². The first-order valence-corrected chi connectivity index (χ1v) is 9.09. The van der Waals surface area contributed by atoms with E-state index in [0.29, 0.717) is 13.1 Å². The molecule has 0 saturated carbocycles. The quantitative estimate of drug-likeness (QED) is 0.662. The van der Waals surface area contributed by atoms with Crippen LogP contribution in [0.4, 0.5) is 13.2 Å². The number of benzene rings is 1. The van der Waals surface area contributed by atoms with Gasteiger partial charge < -0.3 is 9.42 Å². The van der Waals surface area contributed by atoms with E-state index in [1.807, 2.05) is 17.5 Å². The van der Waals surface area contributed by atoms with Crippen LogP contribution in [0.25, 0.3) is 11.4 Å². The highest BCUT2D eigenvalue weighted by Gasteiger charge is 2.35. The van der Waals surface area contributed by atoms with Gasteiger partial charge in [-0.25, -0.2) is 0 Å². The fourth-order valence-corrected chi connectivity index (χ4v) is 3.75. The summed E-state index contributed by atoms with van der Waals surface area (Å²) in [6.07, 6.45) is -4.20. The van der Waals surface area contributed by atoms with Crippen LogP contribution >= 0.6 is 11.3 Å².